The molecule has 0 aromatic carbocycles. The molecule has 0 saturated heterocycles. The molecular formula is C9H7Br2F2NO2. The van der Waals surface area contributed by atoms with Crippen molar-refractivity contribution < 1.29 is 18.7 Å². The monoisotopic (exact) mass is 357 g/mol. The molecule has 0 fully saturated rings. The van der Waals surface area contributed by atoms with Crippen LogP contribution in [0.4, 0.5) is 8.78 Å². The first-order valence-electron chi connectivity index (χ1n) is 4.19. The minimum Gasteiger partial charge on any atom is -0.481 e. The Bertz CT molecular complexity index is 413. The molecule has 0 atom stereocenters. The van der Waals surface area contributed by atoms with Crippen LogP contribution in [0.3, 0.4) is 0 Å². The Morgan fingerprint density at radius 2 is 2.19 bits per heavy atom. The Kier molecular flexibility index (Phi) is 4.79. The van der Waals surface area contributed by atoms with Crippen molar-refractivity contribution in [2.24, 2.45) is 0 Å². The molecule has 1 rings (SSSR count). The summed E-state index contributed by atoms with van der Waals surface area (Å²) in [4.78, 5) is 14.1. The van der Waals surface area contributed by atoms with Gasteiger partial charge in [0.1, 0.15) is 5.69 Å². The first kappa shape index (κ1) is 13.5. The molecule has 88 valence electrons. The summed E-state index contributed by atoms with van der Waals surface area (Å²) in [5.74, 6) is -1.11. The quantitative estimate of drug-likeness (QED) is 0.840. The number of rotatable bonds is 4. The summed E-state index contributed by atoms with van der Waals surface area (Å²) in [6.45, 7) is 0. The Balaban J connectivity index is 3.22. The van der Waals surface area contributed by atoms with Gasteiger partial charge in [0, 0.05) is 15.4 Å². The Labute approximate surface area is 107 Å². The Morgan fingerprint density at radius 1 is 1.56 bits per heavy atom. The number of nitrogens with zero attached hydrogens (tertiary/aromatic N) is 1. The van der Waals surface area contributed by atoms with Crippen molar-refractivity contribution in [1.82, 2.24) is 4.98 Å². The maximum Gasteiger partial charge on any atom is 0.309 e. The predicted octanol–water partition coefficient (Wildman–Crippen LogP) is 3.30. The lowest BCUT2D eigenvalue weighted by Crippen LogP contribution is -2.07. The second-order valence-electron chi connectivity index (χ2n) is 2.96. The van der Waals surface area contributed by atoms with Crippen molar-refractivity contribution in [1.29, 1.82) is 0 Å². The Hall–Kier alpha value is -0.560. The van der Waals surface area contributed by atoms with Crippen LogP contribution in [0.2, 0.25) is 0 Å². The number of halogens is 4. The first-order chi connectivity index (χ1) is 7.45. The summed E-state index contributed by atoms with van der Waals surface area (Å²) in [5, 5.41) is 8.79. The molecule has 0 spiro atoms. The molecule has 1 aromatic rings. The second kappa shape index (κ2) is 5.67. The number of carbonyl (C=O) groups is 1. The van der Waals surface area contributed by atoms with Crippen LogP contribution < -0.4 is 0 Å². The third-order valence-electron chi connectivity index (χ3n) is 1.83. The van der Waals surface area contributed by atoms with Crippen molar-refractivity contribution in [3.63, 3.8) is 0 Å². The molecule has 0 aliphatic carbocycles. The largest absolute Gasteiger partial charge is 0.481 e. The summed E-state index contributed by atoms with van der Waals surface area (Å²) < 4.78 is 25.8. The molecule has 0 bridgehead atoms. The third-order valence-corrected chi connectivity index (χ3v) is 3.10. The van der Waals surface area contributed by atoms with Crippen LogP contribution in [0.1, 0.15) is 23.4 Å². The highest BCUT2D eigenvalue weighted by atomic mass is 79.9. The summed E-state index contributed by atoms with van der Waals surface area (Å²) in [7, 11) is 0. The summed E-state index contributed by atoms with van der Waals surface area (Å²) in [6, 6.07) is 1.44. The van der Waals surface area contributed by atoms with Gasteiger partial charge in [-0.1, -0.05) is 31.9 Å². The van der Waals surface area contributed by atoms with E-state index in [9.17, 15) is 13.6 Å². The van der Waals surface area contributed by atoms with Gasteiger partial charge in [0.25, 0.3) is 6.43 Å². The van der Waals surface area contributed by atoms with E-state index in [4.69, 9.17) is 5.11 Å². The van der Waals surface area contributed by atoms with Crippen molar-refractivity contribution in [3.05, 3.63) is 27.5 Å². The van der Waals surface area contributed by atoms with Crippen LogP contribution in [0.25, 0.3) is 0 Å². The third kappa shape index (κ3) is 3.21. The van der Waals surface area contributed by atoms with Gasteiger partial charge in [-0.2, -0.15) is 0 Å². The molecule has 7 heteroatoms. The predicted molar refractivity (Wildman–Crippen MR) is 60.9 cm³/mol. The van der Waals surface area contributed by atoms with E-state index >= 15 is 0 Å². The minimum absolute atomic E-state index is 0.111. The standard InChI is InChI=1S/C9H7Br2F2NO2/c10-3-5-6(11)1-4(2-7(15)16)14-8(5)9(12)13/h1,9H,2-3H2,(H,15,16). The zero-order valence-corrected chi connectivity index (χ0v) is 11.1. The molecular weight excluding hydrogens is 352 g/mol. The van der Waals surface area contributed by atoms with Crippen molar-refractivity contribution in [2.45, 2.75) is 18.2 Å². The van der Waals surface area contributed by atoms with E-state index in [0.29, 0.717) is 10.0 Å². The van der Waals surface area contributed by atoms with Crippen LogP contribution in [0, 0.1) is 0 Å². The van der Waals surface area contributed by atoms with Crippen molar-refractivity contribution >= 4 is 37.8 Å². The zero-order valence-electron chi connectivity index (χ0n) is 7.88. The van der Waals surface area contributed by atoms with Gasteiger partial charge in [-0.25, -0.2) is 8.78 Å². The molecule has 0 radical (unpaired) electrons. The lowest BCUT2D eigenvalue weighted by atomic mass is 10.1. The number of hydrogen-bond donors (Lipinski definition) is 1. The van der Waals surface area contributed by atoms with Gasteiger partial charge in [-0.3, -0.25) is 9.78 Å². The fourth-order valence-electron chi connectivity index (χ4n) is 1.17. The number of aromatic nitrogens is 1. The van der Waals surface area contributed by atoms with E-state index in [1.165, 1.54) is 6.07 Å². The molecule has 0 amide bonds. The van der Waals surface area contributed by atoms with E-state index in [1.54, 1.807) is 0 Å². The van der Waals surface area contributed by atoms with Gasteiger partial charge in [-0.05, 0) is 6.07 Å². The maximum absolute atomic E-state index is 12.7. The topological polar surface area (TPSA) is 50.2 Å². The number of carboxylic acids is 1. The smallest absolute Gasteiger partial charge is 0.309 e. The lowest BCUT2D eigenvalue weighted by molar-refractivity contribution is -0.136. The number of alkyl halides is 3. The van der Waals surface area contributed by atoms with Crippen LogP contribution in [-0.2, 0) is 16.5 Å². The number of pyridine rings is 1. The molecule has 16 heavy (non-hydrogen) atoms. The highest BCUT2D eigenvalue weighted by molar-refractivity contribution is 9.10. The summed E-state index contributed by atoms with van der Waals surface area (Å²) in [5.41, 5.74) is 0.0611. The van der Waals surface area contributed by atoms with Gasteiger partial charge in [0.15, 0.2) is 0 Å². The average molecular weight is 359 g/mol. The maximum atomic E-state index is 12.7. The molecule has 1 N–H and O–H groups in total. The number of hydrogen-bond acceptors (Lipinski definition) is 2. The molecule has 3 nitrogen and oxygen atoms in total. The molecule has 0 saturated carbocycles. The van der Waals surface area contributed by atoms with Crippen LogP contribution >= 0.6 is 31.9 Å². The lowest BCUT2D eigenvalue weighted by Gasteiger charge is -2.09. The second-order valence-corrected chi connectivity index (χ2v) is 4.38. The fourth-order valence-corrected chi connectivity index (χ4v) is 2.74. The van der Waals surface area contributed by atoms with Crippen LogP contribution in [-0.4, -0.2) is 16.1 Å². The van der Waals surface area contributed by atoms with Crippen LogP contribution in [0.15, 0.2) is 10.5 Å². The van der Waals surface area contributed by atoms with E-state index in [0.717, 1.165) is 0 Å². The van der Waals surface area contributed by atoms with Gasteiger partial charge >= 0.3 is 5.97 Å². The van der Waals surface area contributed by atoms with Crippen molar-refractivity contribution in [3.8, 4) is 0 Å². The highest BCUT2D eigenvalue weighted by Gasteiger charge is 2.18. The normalized spacial score (nSPS) is 10.8. The summed E-state index contributed by atoms with van der Waals surface area (Å²) >= 11 is 6.20. The van der Waals surface area contributed by atoms with Crippen molar-refractivity contribution in [2.75, 3.05) is 0 Å². The van der Waals surface area contributed by atoms with E-state index in [1.807, 2.05) is 0 Å². The number of carboxylic acid groups (broad SMARTS) is 1. The highest BCUT2D eigenvalue weighted by Crippen LogP contribution is 2.29. The average Bonchev–Trinajstić information content (AvgIpc) is 2.15. The van der Waals surface area contributed by atoms with Gasteiger partial charge < -0.3 is 5.11 Å². The molecule has 0 aliphatic rings. The van der Waals surface area contributed by atoms with Gasteiger partial charge in [0.2, 0.25) is 0 Å². The van der Waals surface area contributed by atoms with Gasteiger partial charge in [0.05, 0.1) is 12.1 Å². The van der Waals surface area contributed by atoms with Crippen LogP contribution in [0.5, 0.6) is 0 Å². The molecule has 0 aliphatic heterocycles. The first-order valence-corrected chi connectivity index (χ1v) is 6.11. The molecule has 1 aromatic heterocycles. The SMILES string of the molecule is O=C(O)Cc1cc(Br)c(CBr)c(C(F)F)n1. The van der Waals surface area contributed by atoms with E-state index < -0.39 is 12.4 Å². The van der Waals surface area contributed by atoms with Gasteiger partial charge in [-0.15, -0.1) is 0 Å². The molecule has 0 unspecified atom stereocenters. The molecule has 1 heterocycles. The number of aliphatic carboxylic acids is 1. The zero-order chi connectivity index (χ0) is 12.3. The van der Waals surface area contributed by atoms with E-state index in [-0.39, 0.29) is 23.1 Å². The fraction of sp³-hybridized carbons (Fsp3) is 0.333. The minimum atomic E-state index is -2.72. The van der Waals surface area contributed by atoms with E-state index in [2.05, 4.69) is 36.8 Å². The summed E-state index contributed by atoms with van der Waals surface area (Å²) in [6.07, 6.45) is -3.10. The Morgan fingerprint density at radius 3 is 2.62 bits per heavy atom.